The number of hydrogen-bond acceptors (Lipinski definition) is 13. The van der Waals surface area contributed by atoms with Gasteiger partial charge in [-0.2, -0.15) is 0 Å². The zero-order valence-electron chi connectivity index (χ0n) is 45.6. The molecule has 0 radical (unpaired) electrons. The van der Waals surface area contributed by atoms with Crippen molar-refractivity contribution in [3.63, 3.8) is 0 Å². The lowest BCUT2D eigenvalue weighted by Crippen LogP contribution is -2.65. The zero-order chi connectivity index (χ0) is 53.9. The number of allylic oxidation sites excluding steroid dienone is 13. The summed E-state index contributed by atoms with van der Waals surface area (Å²) in [5.74, 6) is -0.258. The van der Waals surface area contributed by atoms with Crippen LogP contribution < -0.4 is 5.32 Å². The molecule has 0 bridgehead atoms. The highest BCUT2D eigenvalue weighted by Gasteiger charge is 2.51. The van der Waals surface area contributed by atoms with Crippen molar-refractivity contribution in [2.45, 2.75) is 267 Å². The molecule has 2 rings (SSSR count). The number of amides is 1. The number of hydrogen-bond donors (Lipinski definition) is 9. The Balaban J connectivity index is 1.68. The van der Waals surface area contributed by atoms with E-state index in [0.29, 0.717) is 12.8 Å². The van der Waals surface area contributed by atoms with Crippen LogP contribution in [0.2, 0.25) is 0 Å². The molecule has 9 N–H and O–H groups in total. The highest BCUT2D eigenvalue weighted by molar-refractivity contribution is 5.76. The summed E-state index contributed by atoms with van der Waals surface area (Å²) in [7, 11) is 0. The Morgan fingerprint density at radius 2 is 0.946 bits per heavy atom. The highest BCUT2D eigenvalue weighted by atomic mass is 16.7. The number of nitrogens with one attached hydrogen (secondary N) is 1. The molecule has 0 aromatic heterocycles. The van der Waals surface area contributed by atoms with Gasteiger partial charge in [-0.1, -0.05) is 195 Å². The third-order valence-corrected chi connectivity index (χ3v) is 13.5. The van der Waals surface area contributed by atoms with E-state index < -0.39 is 86.8 Å². The Bertz CT molecular complexity index is 1560. The Kier molecular flexibility index (Phi) is 41.1. The summed E-state index contributed by atoms with van der Waals surface area (Å²) < 4.78 is 22.7. The monoisotopic (exact) mass is 1050 g/mol. The molecule has 12 unspecified atom stereocenters. The van der Waals surface area contributed by atoms with Gasteiger partial charge in [0, 0.05) is 6.42 Å². The van der Waals surface area contributed by atoms with Crippen LogP contribution >= 0.6 is 0 Å². The van der Waals surface area contributed by atoms with Crippen LogP contribution in [-0.4, -0.2) is 140 Å². The number of aliphatic hydroxyl groups excluding tert-OH is 8. The summed E-state index contributed by atoms with van der Waals surface area (Å²) in [6.07, 6.45) is 43.6. The predicted molar refractivity (Wildman–Crippen MR) is 295 cm³/mol. The first-order valence-corrected chi connectivity index (χ1v) is 28.8. The van der Waals surface area contributed by atoms with Crippen molar-refractivity contribution < 1.29 is 64.6 Å². The summed E-state index contributed by atoms with van der Waals surface area (Å²) in [5.41, 5.74) is 0. The van der Waals surface area contributed by atoms with Gasteiger partial charge in [0.15, 0.2) is 12.6 Å². The minimum Gasteiger partial charge on any atom is -0.394 e. The normalized spacial score (nSPS) is 25.9. The second-order valence-corrected chi connectivity index (χ2v) is 20.0. The minimum absolute atomic E-state index is 0.258. The Labute approximate surface area is 446 Å². The van der Waals surface area contributed by atoms with Gasteiger partial charge >= 0.3 is 0 Å². The molecule has 0 saturated carbocycles. The number of ether oxygens (including phenoxy) is 4. The third-order valence-electron chi connectivity index (χ3n) is 13.5. The van der Waals surface area contributed by atoms with E-state index >= 15 is 0 Å². The first kappa shape index (κ1) is 67.3. The standard InChI is InChI=1S/C60H103NO13/c1-3-5-7-9-11-13-15-16-17-18-19-20-21-22-23-24-25-26-27-28-29-30-31-32-34-36-38-40-42-44-52(65)61-48(49(64)43-41-39-37-35-33-14-12-10-8-6-4-2)47-71-59-57(70)55(68)58(51(46-63)73-59)74-60-56(69)54(67)53(66)50(45-62)72-60/h5,7-8,10-11,13,16-17,19-20,33,35,41,43,48-51,53-60,62-64,66-70H,3-4,6,9,12,14-15,18,21-32,34,36-40,42,44-47H2,1-2H3,(H,61,65)/b7-5-,10-8+,13-11-,17-16-,20-19-,35-33+,43-41+. The minimum atomic E-state index is -1.79. The molecule has 0 spiro atoms. The van der Waals surface area contributed by atoms with Gasteiger partial charge in [-0.05, 0) is 77.0 Å². The van der Waals surface area contributed by atoms with Gasteiger partial charge in [0.1, 0.15) is 48.8 Å². The quantitative estimate of drug-likeness (QED) is 0.0205. The molecule has 0 aromatic carbocycles. The molecule has 74 heavy (non-hydrogen) atoms. The molecule has 0 aliphatic carbocycles. The van der Waals surface area contributed by atoms with Gasteiger partial charge in [-0.25, -0.2) is 0 Å². The summed E-state index contributed by atoms with van der Waals surface area (Å²) in [6.45, 7) is 2.56. The first-order valence-electron chi connectivity index (χ1n) is 28.8. The van der Waals surface area contributed by atoms with Crippen LogP contribution in [0.15, 0.2) is 85.1 Å². The van der Waals surface area contributed by atoms with E-state index in [1.807, 2.05) is 6.08 Å². The largest absolute Gasteiger partial charge is 0.394 e. The molecule has 2 aliphatic rings. The Morgan fingerprint density at radius 1 is 0.500 bits per heavy atom. The lowest BCUT2D eigenvalue weighted by molar-refractivity contribution is -0.359. The van der Waals surface area contributed by atoms with Crippen molar-refractivity contribution >= 4 is 5.91 Å². The molecule has 2 fully saturated rings. The van der Waals surface area contributed by atoms with Gasteiger partial charge < -0.3 is 65.1 Å². The fourth-order valence-electron chi connectivity index (χ4n) is 8.91. The van der Waals surface area contributed by atoms with Crippen molar-refractivity contribution in [1.29, 1.82) is 0 Å². The van der Waals surface area contributed by atoms with Crippen LogP contribution in [0.1, 0.15) is 194 Å². The van der Waals surface area contributed by atoms with E-state index in [9.17, 15) is 45.6 Å². The SMILES string of the molecule is CC/C=C\C/C=C\C/C=C\C/C=C\CCCCCCCCCCCCCCCCCCC(=O)NC(COC1OC(CO)C(OC2OC(CO)C(O)C(O)C2O)C(O)C1O)C(O)/C=C/CC/C=C/CC/C=C/CCC. The van der Waals surface area contributed by atoms with Crippen molar-refractivity contribution in [3.05, 3.63) is 85.1 Å². The van der Waals surface area contributed by atoms with E-state index in [4.69, 9.17) is 18.9 Å². The van der Waals surface area contributed by atoms with Crippen LogP contribution in [0.4, 0.5) is 0 Å². The maximum absolute atomic E-state index is 13.2. The van der Waals surface area contributed by atoms with Crippen molar-refractivity contribution in [2.24, 2.45) is 0 Å². The van der Waals surface area contributed by atoms with Crippen molar-refractivity contribution in [2.75, 3.05) is 19.8 Å². The van der Waals surface area contributed by atoms with Crippen LogP contribution in [0.3, 0.4) is 0 Å². The Morgan fingerprint density at radius 3 is 1.47 bits per heavy atom. The third kappa shape index (κ3) is 30.8. The zero-order valence-corrected chi connectivity index (χ0v) is 45.6. The van der Waals surface area contributed by atoms with E-state index in [-0.39, 0.29) is 18.9 Å². The topological polar surface area (TPSA) is 228 Å². The lowest BCUT2D eigenvalue weighted by atomic mass is 9.97. The van der Waals surface area contributed by atoms with E-state index in [1.54, 1.807) is 6.08 Å². The number of unbranched alkanes of at least 4 members (excludes halogenated alkanes) is 19. The summed E-state index contributed by atoms with van der Waals surface area (Å²) in [6, 6.07) is -0.940. The maximum Gasteiger partial charge on any atom is 0.220 e. The Hall–Kier alpha value is -2.83. The number of rotatable bonds is 44. The summed E-state index contributed by atoms with van der Waals surface area (Å²) in [4.78, 5) is 13.2. The molecular weight excluding hydrogens is 943 g/mol. The fraction of sp³-hybridized carbons (Fsp3) is 0.750. The van der Waals surface area contributed by atoms with E-state index in [2.05, 4.69) is 92.1 Å². The van der Waals surface area contributed by atoms with Crippen LogP contribution in [0, 0.1) is 0 Å². The van der Waals surface area contributed by atoms with Crippen molar-refractivity contribution in [3.8, 4) is 0 Å². The van der Waals surface area contributed by atoms with Crippen LogP contribution in [-0.2, 0) is 23.7 Å². The van der Waals surface area contributed by atoms with Gasteiger partial charge in [0.2, 0.25) is 5.91 Å². The molecule has 14 heteroatoms. The van der Waals surface area contributed by atoms with Gasteiger partial charge in [0.05, 0.1) is 32.0 Å². The molecule has 2 heterocycles. The molecule has 0 aromatic rings. The van der Waals surface area contributed by atoms with Crippen LogP contribution in [0.5, 0.6) is 0 Å². The average molecular weight is 1050 g/mol. The summed E-state index contributed by atoms with van der Waals surface area (Å²) in [5, 5.41) is 86.8. The molecule has 2 aliphatic heterocycles. The summed E-state index contributed by atoms with van der Waals surface area (Å²) >= 11 is 0. The molecule has 426 valence electrons. The van der Waals surface area contributed by atoms with Gasteiger partial charge in [0.25, 0.3) is 0 Å². The second kappa shape index (κ2) is 45.2. The fourth-order valence-corrected chi connectivity index (χ4v) is 8.91. The van der Waals surface area contributed by atoms with Gasteiger partial charge in [-0.3, -0.25) is 4.79 Å². The number of carbonyl (C=O) groups excluding carboxylic acids is 1. The molecular formula is C60H103NO13. The molecule has 1 amide bonds. The second-order valence-electron chi connectivity index (χ2n) is 20.0. The maximum atomic E-state index is 13.2. The van der Waals surface area contributed by atoms with Crippen molar-refractivity contribution in [1.82, 2.24) is 5.32 Å². The average Bonchev–Trinajstić information content (AvgIpc) is 3.40. The number of aliphatic hydroxyl groups is 8. The molecule has 12 atom stereocenters. The van der Waals surface area contributed by atoms with E-state index in [1.165, 1.54) is 83.5 Å². The molecule has 14 nitrogen and oxygen atoms in total. The highest BCUT2D eigenvalue weighted by Crippen LogP contribution is 2.30. The predicted octanol–water partition coefficient (Wildman–Crippen LogP) is 9.33. The first-order chi connectivity index (χ1) is 36.1. The number of carbonyl (C=O) groups is 1. The lowest BCUT2D eigenvalue weighted by Gasteiger charge is -2.46. The van der Waals surface area contributed by atoms with Gasteiger partial charge in [-0.15, -0.1) is 0 Å². The van der Waals surface area contributed by atoms with E-state index in [0.717, 1.165) is 77.0 Å². The van der Waals surface area contributed by atoms with Crippen LogP contribution in [0.25, 0.3) is 0 Å². The molecule has 2 saturated heterocycles. The smallest absolute Gasteiger partial charge is 0.220 e.